The second kappa shape index (κ2) is 11.9. The number of aryl methyl sites for hydroxylation is 1. The molecule has 0 aliphatic carbocycles. The Morgan fingerprint density at radius 1 is 0.857 bits per heavy atom. The minimum atomic E-state index is -0.256. The highest BCUT2D eigenvalue weighted by Gasteiger charge is 2.14. The minimum absolute atomic E-state index is 0.133. The van der Waals surface area contributed by atoms with E-state index in [1.54, 1.807) is 30.5 Å². The lowest BCUT2D eigenvalue weighted by Gasteiger charge is -2.12. The number of hydrogen-bond donors (Lipinski definition) is 2. The number of carbonyl (C=O) groups excluding carboxylic acids is 2. The van der Waals surface area contributed by atoms with Gasteiger partial charge in [0, 0.05) is 28.5 Å². The number of anilines is 2. The number of benzene rings is 3. The topological polar surface area (TPSA) is 80.3 Å². The Balaban J connectivity index is 1.36. The maximum absolute atomic E-state index is 13.0. The number of carbonyl (C=O) groups is 2. The molecule has 0 saturated carbocycles. The van der Waals surface area contributed by atoms with Crippen molar-refractivity contribution in [1.82, 2.24) is 4.98 Å². The van der Waals surface area contributed by atoms with Gasteiger partial charge < -0.3 is 15.4 Å². The first-order valence-electron chi connectivity index (χ1n) is 11.1. The molecule has 0 unspecified atom stereocenters. The maximum atomic E-state index is 13.0. The lowest BCUT2D eigenvalue weighted by Crippen LogP contribution is -2.16. The highest BCUT2D eigenvalue weighted by atomic mass is 32.2. The molecule has 1 aromatic heterocycles. The molecular formula is C28H25N3O3S. The Morgan fingerprint density at radius 2 is 1.66 bits per heavy atom. The number of pyridine rings is 1. The minimum Gasteiger partial charge on any atom is -0.487 e. The van der Waals surface area contributed by atoms with E-state index in [0.29, 0.717) is 23.6 Å². The van der Waals surface area contributed by atoms with Gasteiger partial charge in [-0.1, -0.05) is 42.0 Å². The van der Waals surface area contributed by atoms with E-state index in [9.17, 15) is 9.59 Å². The lowest BCUT2D eigenvalue weighted by atomic mass is 10.2. The van der Waals surface area contributed by atoms with E-state index in [1.807, 2.05) is 73.7 Å². The maximum Gasteiger partial charge on any atom is 0.256 e. The van der Waals surface area contributed by atoms with Crippen LogP contribution in [0.15, 0.2) is 102 Å². The van der Waals surface area contributed by atoms with Gasteiger partial charge in [-0.25, -0.2) is 0 Å². The van der Waals surface area contributed by atoms with E-state index < -0.39 is 0 Å². The van der Waals surface area contributed by atoms with Crippen molar-refractivity contribution in [2.75, 3.05) is 16.4 Å². The molecule has 0 fully saturated rings. The van der Waals surface area contributed by atoms with E-state index in [-0.39, 0.29) is 17.6 Å². The Bertz CT molecular complexity index is 1290. The van der Waals surface area contributed by atoms with Crippen molar-refractivity contribution in [1.29, 1.82) is 0 Å². The molecule has 4 aromatic rings. The Hall–Kier alpha value is -4.10. The Kier molecular flexibility index (Phi) is 8.14. The number of thioether (sulfide) groups is 1. The highest BCUT2D eigenvalue weighted by Crippen LogP contribution is 2.25. The average molecular weight is 484 g/mol. The van der Waals surface area contributed by atoms with Gasteiger partial charge in [0.15, 0.2) is 0 Å². The van der Waals surface area contributed by atoms with Crippen LogP contribution in [0.1, 0.15) is 21.6 Å². The third-order valence-corrected chi connectivity index (χ3v) is 6.10. The predicted octanol–water partition coefficient (Wildman–Crippen LogP) is 5.95. The molecule has 0 atom stereocenters. The number of nitrogens with one attached hydrogen (secondary N) is 2. The Morgan fingerprint density at radius 3 is 2.46 bits per heavy atom. The van der Waals surface area contributed by atoms with Gasteiger partial charge in [-0.15, -0.1) is 11.8 Å². The second-order valence-corrected chi connectivity index (χ2v) is 8.81. The molecule has 0 bridgehead atoms. The van der Waals surface area contributed by atoms with Crippen molar-refractivity contribution in [3.63, 3.8) is 0 Å². The van der Waals surface area contributed by atoms with Gasteiger partial charge >= 0.3 is 0 Å². The lowest BCUT2D eigenvalue weighted by molar-refractivity contribution is -0.113. The summed E-state index contributed by atoms with van der Waals surface area (Å²) in [4.78, 5) is 30.4. The highest BCUT2D eigenvalue weighted by molar-refractivity contribution is 8.00. The smallest absolute Gasteiger partial charge is 0.256 e. The summed E-state index contributed by atoms with van der Waals surface area (Å²) in [6, 6.07) is 27.7. The van der Waals surface area contributed by atoms with Crippen molar-refractivity contribution in [2.45, 2.75) is 18.4 Å². The third kappa shape index (κ3) is 7.19. The van der Waals surface area contributed by atoms with Crippen LogP contribution < -0.4 is 15.4 Å². The molecule has 2 N–H and O–H groups in total. The van der Waals surface area contributed by atoms with Crippen molar-refractivity contribution in [2.24, 2.45) is 0 Å². The van der Waals surface area contributed by atoms with E-state index >= 15 is 0 Å². The van der Waals surface area contributed by atoms with Crippen LogP contribution in [0.4, 0.5) is 11.4 Å². The zero-order valence-corrected chi connectivity index (χ0v) is 20.0. The largest absolute Gasteiger partial charge is 0.487 e. The number of aromatic nitrogens is 1. The summed E-state index contributed by atoms with van der Waals surface area (Å²) >= 11 is 1.32. The standard InChI is InChI=1S/C28H25N3O3S/c1-20-12-14-21(15-13-20)30-27(32)19-35-26-11-3-2-10-25(26)28(33)31-22-8-6-9-24(17-22)34-18-23-7-4-5-16-29-23/h2-17H,18-19H2,1H3,(H,30,32)(H,31,33). The van der Waals surface area contributed by atoms with Crippen LogP contribution in [0.5, 0.6) is 5.75 Å². The fraction of sp³-hybridized carbons (Fsp3) is 0.107. The van der Waals surface area contributed by atoms with Gasteiger partial charge in [-0.3, -0.25) is 14.6 Å². The van der Waals surface area contributed by atoms with Gasteiger partial charge in [0.2, 0.25) is 5.91 Å². The van der Waals surface area contributed by atoms with Crippen molar-refractivity contribution < 1.29 is 14.3 Å². The van der Waals surface area contributed by atoms with Crippen LogP contribution in [-0.4, -0.2) is 22.6 Å². The Labute approximate surface area is 208 Å². The van der Waals surface area contributed by atoms with E-state index in [0.717, 1.165) is 21.8 Å². The molecule has 6 nitrogen and oxygen atoms in total. The van der Waals surface area contributed by atoms with E-state index in [2.05, 4.69) is 15.6 Å². The summed E-state index contributed by atoms with van der Waals surface area (Å²) in [5.41, 5.74) is 3.81. The van der Waals surface area contributed by atoms with Gasteiger partial charge in [-0.2, -0.15) is 0 Å². The summed E-state index contributed by atoms with van der Waals surface area (Å²) < 4.78 is 5.80. The van der Waals surface area contributed by atoms with Gasteiger partial charge in [-0.05, 0) is 55.5 Å². The normalized spacial score (nSPS) is 10.4. The monoisotopic (exact) mass is 483 g/mol. The van der Waals surface area contributed by atoms with Crippen molar-refractivity contribution in [3.8, 4) is 5.75 Å². The quantitative estimate of drug-likeness (QED) is 0.288. The third-order valence-electron chi connectivity index (χ3n) is 5.03. The van der Waals surface area contributed by atoms with Crippen LogP contribution in [0.2, 0.25) is 0 Å². The average Bonchev–Trinajstić information content (AvgIpc) is 2.88. The van der Waals surface area contributed by atoms with Crippen LogP contribution in [0, 0.1) is 6.92 Å². The number of nitrogens with zero attached hydrogens (tertiary/aromatic N) is 1. The van der Waals surface area contributed by atoms with Crippen molar-refractivity contribution >= 4 is 35.0 Å². The molecule has 35 heavy (non-hydrogen) atoms. The number of hydrogen-bond acceptors (Lipinski definition) is 5. The molecule has 176 valence electrons. The van der Waals surface area contributed by atoms with Crippen LogP contribution in [-0.2, 0) is 11.4 Å². The molecule has 0 saturated heterocycles. The SMILES string of the molecule is Cc1ccc(NC(=O)CSc2ccccc2C(=O)Nc2cccc(OCc3ccccn3)c2)cc1. The zero-order valence-electron chi connectivity index (χ0n) is 19.2. The first kappa shape index (κ1) is 24.0. The second-order valence-electron chi connectivity index (χ2n) is 7.79. The molecule has 7 heteroatoms. The van der Waals surface area contributed by atoms with E-state index in [4.69, 9.17) is 4.74 Å². The van der Waals surface area contributed by atoms with Crippen molar-refractivity contribution in [3.05, 3.63) is 114 Å². The van der Waals surface area contributed by atoms with Gasteiger partial charge in [0.05, 0.1) is 17.0 Å². The van der Waals surface area contributed by atoms with Gasteiger partial charge in [0.25, 0.3) is 5.91 Å². The molecular weight excluding hydrogens is 458 g/mol. The zero-order chi connectivity index (χ0) is 24.5. The first-order valence-corrected chi connectivity index (χ1v) is 12.1. The summed E-state index contributed by atoms with van der Waals surface area (Å²) in [5.74, 6) is 0.430. The molecule has 4 rings (SSSR count). The fourth-order valence-electron chi connectivity index (χ4n) is 3.26. The summed E-state index contributed by atoms with van der Waals surface area (Å²) in [5, 5.41) is 5.80. The van der Waals surface area contributed by atoms with Crippen LogP contribution in [0.25, 0.3) is 0 Å². The molecule has 1 heterocycles. The molecule has 0 aliphatic rings. The molecule has 0 radical (unpaired) electrons. The van der Waals surface area contributed by atoms with Crippen LogP contribution >= 0.6 is 11.8 Å². The fourth-order valence-corrected chi connectivity index (χ4v) is 4.11. The number of ether oxygens (including phenoxy) is 1. The van der Waals surface area contributed by atoms with Crippen LogP contribution in [0.3, 0.4) is 0 Å². The molecule has 0 aliphatic heterocycles. The molecule has 2 amide bonds. The van der Waals surface area contributed by atoms with E-state index in [1.165, 1.54) is 11.8 Å². The first-order chi connectivity index (χ1) is 17.1. The van der Waals surface area contributed by atoms with Gasteiger partial charge in [0.1, 0.15) is 12.4 Å². The number of rotatable bonds is 9. The summed E-state index contributed by atoms with van der Waals surface area (Å²) in [7, 11) is 0. The summed E-state index contributed by atoms with van der Waals surface area (Å²) in [6.45, 7) is 2.33. The molecule has 3 aromatic carbocycles. The molecule has 0 spiro atoms. The number of amides is 2. The predicted molar refractivity (Wildman–Crippen MR) is 140 cm³/mol. The summed E-state index contributed by atoms with van der Waals surface area (Å²) in [6.07, 6.45) is 1.72.